The molecule has 13 heteroatoms. The van der Waals surface area contributed by atoms with Gasteiger partial charge in [0.1, 0.15) is 22.8 Å². The van der Waals surface area contributed by atoms with E-state index in [1.165, 1.54) is 50.5 Å². The number of halogens is 1. The summed E-state index contributed by atoms with van der Waals surface area (Å²) in [6.07, 6.45) is -1.27. The lowest BCUT2D eigenvalue weighted by Crippen LogP contribution is -2.41. The molecule has 0 radical (unpaired) electrons. The fraction of sp³-hybridized carbons (Fsp3) is 0.407. The van der Waals surface area contributed by atoms with E-state index in [1.54, 1.807) is 20.8 Å². The summed E-state index contributed by atoms with van der Waals surface area (Å²) >= 11 is 0. The molecule has 2 amide bonds. The average molecular weight is 580 g/mol. The second-order valence-electron chi connectivity index (χ2n) is 10.2. The highest BCUT2D eigenvalue weighted by Gasteiger charge is 2.30. The van der Waals surface area contributed by atoms with Crippen LogP contribution in [-0.2, 0) is 14.8 Å². The Labute approximate surface area is 232 Å². The Morgan fingerprint density at radius 1 is 1.18 bits per heavy atom. The Morgan fingerprint density at radius 2 is 1.80 bits per heavy atom. The van der Waals surface area contributed by atoms with Crippen molar-refractivity contribution in [2.75, 3.05) is 44.4 Å². The van der Waals surface area contributed by atoms with E-state index in [9.17, 15) is 32.6 Å². The van der Waals surface area contributed by atoms with Crippen LogP contribution >= 0.6 is 0 Å². The molecule has 3 N–H and O–H groups in total. The topological polar surface area (TPSA) is 150 Å². The van der Waals surface area contributed by atoms with Gasteiger partial charge in [0.2, 0.25) is 10.0 Å². The molecule has 3 aromatic rings. The van der Waals surface area contributed by atoms with Crippen molar-refractivity contribution >= 4 is 38.7 Å². The number of hydrogen-bond acceptors (Lipinski definition) is 8. The monoisotopic (exact) mass is 579 g/mol. The Bertz CT molecular complexity index is 1500. The zero-order valence-electron chi connectivity index (χ0n) is 23.2. The van der Waals surface area contributed by atoms with E-state index in [1.807, 2.05) is 0 Å². The molecule has 2 aromatic carbocycles. The average Bonchev–Trinajstić information content (AvgIpc) is 3.24. The van der Waals surface area contributed by atoms with Gasteiger partial charge in [-0.25, -0.2) is 17.6 Å². The van der Waals surface area contributed by atoms with Crippen molar-refractivity contribution < 1.29 is 41.8 Å². The molecule has 218 valence electrons. The number of carbonyl (C=O) groups excluding carboxylic acids is 2. The lowest BCUT2D eigenvalue weighted by molar-refractivity contribution is 0.0110. The first kappa shape index (κ1) is 30.9. The molecule has 0 saturated heterocycles. The van der Waals surface area contributed by atoms with Gasteiger partial charge in [0.05, 0.1) is 36.8 Å². The van der Waals surface area contributed by atoms with Gasteiger partial charge in [-0.05, 0) is 51.1 Å². The molecule has 0 saturated carbocycles. The summed E-state index contributed by atoms with van der Waals surface area (Å²) < 4.78 is 50.9. The summed E-state index contributed by atoms with van der Waals surface area (Å²) in [7, 11) is -1.12. The molecule has 0 spiro atoms. The van der Waals surface area contributed by atoms with Crippen molar-refractivity contribution in [3.05, 3.63) is 53.3 Å². The Kier molecular flexibility index (Phi) is 9.12. The van der Waals surface area contributed by atoms with Crippen LogP contribution in [0.3, 0.4) is 0 Å². The second kappa shape index (κ2) is 11.8. The standard InChI is InChI=1S/C27H34FN3O8S/c1-27(2,3)39-26(35)31(11-12-32)15-21(33)18-13-19-22(14-20(18)30(5)40(6,36)37)38-24(23(19)25(34)29-4)16-7-9-17(28)10-8-16/h7-10,13-14,21,32-33H,11-12,15H2,1-6H3,(H,29,34). The number of amides is 2. The van der Waals surface area contributed by atoms with Gasteiger partial charge in [-0.15, -0.1) is 0 Å². The minimum absolute atomic E-state index is 0.0403. The van der Waals surface area contributed by atoms with Crippen molar-refractivity contribution in [2.24, 2.45) is 0 Å². The fourth-order valence-electron chi connectivity index (χ4n) is 4.03. The number of rotatable bonds is 9. The number of aliphatic hydroxyl groups excluding tert-OH is 2. The van der Waals surface area contributed by atoms with Gasteiger partial charge in [-0.1, -0.05) is 0 Å². The quantitative estimate of drug-likeness (QED) is 0.350. The molecule has 1 heterocycles. The smallest absolute Gasteiger partial charge is 0.410 e. The van der Waals surface area contributed by atoms with E-state index in [0.29, 0.717) is 5.56 Å². The predicted octanol–water partition coefficient (Wildman–Crippen LogP) is 3.26. The van der Waals surface area contributed by atoms with Crippen molar-refractivity contribution in [1.29, 1.82) is 0 Å². The van der Waals surface area contributed by atoms with Crippen molar-refractivity contribution in [1.82, 2.24) is 10.2 Å². The number of benzene rings is 2. The van der Waals surface area contributed by atoms with E-state index >= 15 is 0 Å². The van der Waals surface area contributed by atoms with Crippen molar-refractivity contribution in [2.45, 2.75) is 32.5 Å². The summed E-state index contributed by atoms with van der Waals surface area (Å²) in [6, 6.07) is 8.09. The van der Waals surface area contributed by atoms with Gasteiger partial charge in [0, 0.05) is 43.2 Å². The maximum Gasteiger partial charge on any atom is 0.410 e. The summed E-state index contributed by atoms with van der Waals surface area (Å²) in [5, 5.41) is 23.6. The van der Waals surface area contributed by atoms with Gasteiger partial charge >= 0.3 is 6.09 Å². The molecular weight excluding hydrogens is 545 g/mol. The molecule has 11 nitrogen and oxygen atoms in total. The van der Waals surface area contributed by atoms with Crippen LogP contribution in [0.1, 0.15) is 42.8 Å². The van der Waals surface area contributed by atoms with Crippen LogP contribution in [0.15, 0.2) is 40.8 Å². The number of nitrogens with one attached hydrogen (secondary N) is 1. The van der Waals surface area contributed by atoms with E-state index in [-0.39, 0.29) is 46.6 Å². The highest BCUT2D eigenvalue weighted by Crippen LogP contribution is 2.39. The van der Waals surface area contributed by atoms with Gasteiger partial charge in [-0.3, -0.25) is 9.10 Å². The van der Waals surface area contributed by atoms with Gasteiger partial charge in [-0.2, -0.15) is 0 Å². The number of aliphatic hydroxyl groups is 2. The summed E-state index contributed by atoms with van der Waals surface area (Å²) in [6.45, 7) is 4.08. The number of fused-ring (bicyclic) bond motifs is 1. The molecule has 3 rings (SSSR count). The number of carbonyl (C=O) groups is 2. The highest BCUT2D eigenvalue weighted by molar-refractivity contribution is 7.92. The molecule has 1 unspecified atom stereocenters. The SMILES string of the molecule is CNC(=O)c1c(-c2ccc(F)cc2)oc2cc(N(C)S(C)(=O)=O)c(C(O)CN(CCO)C(=O)OC(C)(C)C)cc12. The molecule has 40 heavy (non-hydrogen) atoms. The Balaban J connectivity index is 2.24. The van der Waals surface area contributed by atoms with E-state index in [2.05, 4.69) is 5.32 Å². The van der Waals surface area contributed by atoms with Crippen molar-refractivity contribution in [3.8, 4) is 11.3 Å². The first-order chi connectivity index (χ1) is 18.6. The molecule has 1 atom stereocenters. The molecule has 0 bridgehead atoms. The van der Waals surface area contributed by atoms with Crippen LogP contribution in [0.2, 0.25) is 0 Å². The summed E-state index contributed by atoms with van der Waals surface area (Å²) in [4.78, 5) is 26.8. The Hall–Kier alpha value is -3.68. The lowest BCUT2D eigenvalue weighted by atomic mass is 9.99. The molecule has 0 aliphatic rings. The minimum Gasteiger partial charge on any atom is -0.455 e. The van der Waals surface area contributed by atoms with Crippen LogP contribution in [0.5, 0.6) is 0 Å². The zero-order chi connectivity index (χ0) is 30.0. The van der Waals surface area contributed by atoms with Crippen molar-refractivity contribution in [3.63, 3.8) is 0 Å². The number of ether oxygens (including phenoxy) is 1. The number of hydrogen-bond donors (Lipinski definition) is 3. The largest absolute Gasteiger partial charge is 0.455 e. The molecular formula is C27H34FN3O8S. The van der Waals surface area contributed by atoms with E-state index in [4.69, 9.17) is 9.15 Å². The molecule has 1 aromatic heterocycles. The van der Waals surface area contributed by atoms with Crippen LogP contribution in [0, 0.1) is 5.82 Å². The summed E-state index contributed by atoms with van der Waals surface area (Å²) in [5.41, 5.74) is -0.103. The molecule has 0 fully saturated rings. The maximum absolute atomic E-state index is 13.6. The minimum atomic E-state index is -3.83. The predicted molar refractivity (Wildman–Crippen MR) is 148 cm³/mol. The number of nitrogens with zero attached hydrogens (tertiary/aromatic N) is 2. The second-order valence-corrected chi connectivity index (χ2v) is 12.2. The summed E-state index contributed by atoms with van der Waals surface area (Å²) in [5.74, 6) is -0.899. The zero-order valence-corrected chi connectivity index (χ0v) is 24.0. The van der Waals surface area contributed by atoms with Gasteiger partial charge in [0.15, 0.2) is 0 Å². The van der Waals surface area contributed by atoms with Gasteiger partial charge < -0.3 is 29.6 Å². The normalized spacial score (nSPS) is 12.7. The van der Waals surface area contributed by atoms with E-state index in [0.717, 1.165) is 15.5 Å². The van der Waals surface area contributed by atoms with Crippen LogP contribution in [-0.4, -0.2) is 81.2 Å². The highest BCUT2D eigenvalue weighted by atomic mass is 32.2. The van der Waals surface area contributed by atoms with Crippen LogP contribution in [0.25, 0.3) is 22.3 Å². The fourth-order valence-corrected chi connectivity index (χ4v) is 4.55. The lowest BCUT2D eigenvalue weighted by Gasteiger charge is -2.30. The first-order valence-corrected chi connectivity index (χ1v) is 14.2. The van der Waals surface area contributed by atoms with E-state index < -0.39 is 46.2 Å². The third-order valence-electron chi connectivity index (χ3n) is 6.01. The van der Waals surface area contributed by atoms with Gasteiger partial charge in [0.25, 0.3) is 5.91 Å². The van der Waals surface area contributed by atoms with Crippen LogP contribution < -0.4 is 9.62 Å². The first-order valence-electron chi connectivity index (χ1n) is 12.4. The Morgan fingerprint density at radius 3 is 2.33 bits per heavy atom. The maximum atomic E-state index is 13.6. The number of anilines is 1. The number of furan rings is 1. The third kappa shape index (κ3) is 6.90. The molecule has 0 aliphatic heterocycles. The third-order valence-corrected chi connectivity index (χ3v) is 7.20. The molecule has 0 aliphatic carbocycles. The van der Waals surface area contributed by atoms with Crippen LogP contribution in [0.4, 0.5) is 14.9 Å². The number of sulfonamides is 1.